The van der Waals surface area contributed by atoms with Crippen LogP contribution in [0.2, 0.25) is 5.02 Å². The number of carbonyl (C=O) groups excluding carboxylic acids is 2. The van der Waals surface area contributed by atoms with Crippen molar-refractivity contribution < 1.29 is 14.3 Å². The van der Waals surface area contributed by atoms with Crippen LogP contribution in [-0.4, -0.2) is 44.7 Å². The van der Waals surface area contributed by atoms with Gasteiger partial charge in [-0.3, -0.25) is 4.79 Å². The molecule has 1 N–H and O–H groups in total. The minimum Gasteiger partial charge on any atom is -0.454 e. The maximum absolute atomic E-state index is 11.8. The average Bonchev–Trinajstić information content (AvgIpc) is 3.07. The van der Waals surface area contributed by atoms with Gasteiger partial charge in [-0.1, -0.05) is 25.4 Å². The number of halogens is 1. The number of tetrazole rings is 1. The Kier molecular flexibility index (Phi) is 6.88. The van der Waals surface area contributed by atoms with Gasteiger partial charge in [0.15, 0.2) is 13.2 Å². The fraction of sp³-hybridized carbons (Fsp3) is 0.438. The number of aromatic nitrogens is 4. The first kappa shape index (κ1) is 18.9. The summed E-state index contributed by atoms with van der Waals surface area (Å²) in [6, 6.07) is 7.02. The van der Waals surface area contributed by atoms with Crippen molar-refractivity contribution in [2.75, 3.05) is 6.61 Å². The predicted octanol–water partition coefficient (Wildman–Crippen LogP) is 1.84. The smallest absolute Gasteiger partial charge is 0.330 e. The summed E-state index contributed by atoms with van der Waals surface area (Å²) in [5.41, 5.74) is 0.730. The van der Waals surface area contributed by atoms with Crippen LogP contribution in [0.1, 0.15) is 26.7 Å². The van der Waals surface area contributed by atoms with E-state index >= 15 is 0 Å². The van der Waals surface area contributed by atoms with Crippen LogP contribution in [0.4, 0.5) is 0 Å². The molecule has 0 unspecified atom stereocenters. The molecule has 2 rings (SSSR count). The van der Waals surface area contributed by atoms with E-state index in [0.717, 1.165) is 23.2 Å². The third kappa shape index (κ3) is 5.82. The van der Waals surface area contributed by atoms with Gasteiger partial charge in [-0.15, -0.1) is 10.2 Å². The lowest BCUT2D eigenvalue weighted by atomic mass is 10.2. The minimum atomic E-state index is -0.611. The second-order valence-corrected chi connectivity index (χ2v) is 5.83. The van der Waals surface area contributed by atoms with E-state index in [4.69, 9.17) is 16.3 Å². The van der Waals surface area contributed by atoms with Gasteiger partial charge in [0, 0.05) is 16.6 Å². The number of hydrogen-bond acceptors (Lipinski definition) is 6. The third-order valence-corrected chi connectivity index (χ3v) is 3.79. The van der Waals surface area contributed by atoms with E-state index in [-0.39, 0.29) is 25.1 Å². The molecule has 0 fully saturated rings. The van der Waals surface area contributed by atoms with Gasteiger partial charge in [0.2, 0.25) is 5.82 Å². The first-order valence-corrected chi connectivity index (χ1v) is 8.38. The molecule has 0 atom stereocenters. The number of esters is 1. The van der Waals surface area contributed by atoms with Crippen LogP contribution in [0.5, 0.6) is 0 Å². The van der Waals surface area contributed by atoms with Crippen LogP contribution in [0, 0.1) is 0 Å². The van der Waals surface area contributed by atoms with Crippen LogP contribution >= 0.6 is 11.6 Å². The molecule has 0 saturated carbocycles. The molecule has 134 valence electrons. The van der Waals surface area contributed by atoms with Gasteiger partial charge < -0.3 is 10.1 Å². The van der Waals surface area contributed by atoms with Crippen molar-refractivity contribution >= 4 is 23.5 Å². The molecule has 0 aliphatic heterocycles. The predicted molar refractivity (Wildman–Crippen MR) is 91.7 cm³/mol. The topological polar surface area (TPSA) is 99.0 Å². The van der Waals surface area contributed by atoms with Gasteiger partial charge in [0.05, 0.1) is 0 Å². The summed E-state index contributed by atoms with van der Waals surface area (Å²) < 4.78 is 4.93. The molecule has 8 nitrogen and oxygen atoms in total. The molecule has 1 aromatic heterocycles. The van der Waals surface area contributed by atoms with Crippen molar-refractivity contribution in [3.63, 3.8) is 0 Å². The van der Waals surface area contributed by atoms with E-state index in [0.29, 0.717) is 10.8 Å². The lowest BCUT2D eigenvalue weighted by Crippen LogP contribution is -2.37. The SMILES string of the molecule is CCC(CC)NC(=O)COC(=O)Cn1nnc(-c2ccc(Cl)cc2)n1. The van der Waals surface area contributed by atoms with E-state index in [1.165, 1.54) is 0 Å². The van der Waals surface area contributed by atoms with Crippen LogP contribution in [0.25, 0.3) is 11.4 Å². The summed E-state index contributed by atoms with van der Waals surface area (Å²) in [6.07, 6.45) is 1.65. The maximum Gasteiger partial charge on any atom is 0.330 e. The highest BCUT2D eigenvalue weighted by Crippen LogP contribution is 2.16. The number of nitrogens with one attached hydrogen (secondary N) is 1. The number of rotatable bonds is 8. The van der Waals surface area contributed by atoms with Crippen LogP contribution in [0.15, 0.2) is 24.3 Å². The van der Waals surface area contributed by atoms with E-state index in [1.807, 2.05) is 13.8 Å². The molecular weight excluding hydrogens is 346 g/mol. The van der Waals surface area contributed by atoms with Gasteiger partial charge >= 0.3 is 5.97 Å². The molecule has 0 saturated heterocycles. The highest BCUT2D eigenvalue weighted by Gasteiger charge is 2.13. The average molecular weight is 366 g/mol. The minimum absolute atomic E-state index is 0.0881. The molecule has 0 radical (unpaired) electrons. The third-order valence-electron chi connectivity index (χ3n) is 3.54. The Morgan fingerprint density at radius 1 is 1.24 bits per heavy atom. The molecule has 2 aromatic rings. The lowest BCUT2D eigenvalue weighted by molar-refractivity contribution is -0.149. The Morgan fingerprint density at radius 2 is 1.92 bits per heavy atom. The first-order chi connectivity index (χ1) is 12.0. The molecule has 0 bridgehead atoms. The van der Waals surface area contributed by atoms with E-state index in [9.17, 15) is 9.59 Å². The highest BCUT2D eigenvalue weighted by molar-refractivity contribution is 6.30. The zero-order valence-electron chi connectivity index (χ0n) is 14.1. The number of benzene rings is 1. The molecule has 0 aliphatic rings. The molecule has 0 spiro atoms. The lowest BCUT2D eigenvalue weighted by Gasteiger charge is -2.14. The van der Waals surface area contributed by atoms with Gasteiger partial charge in [-0.05, 0) is 42.3 Å². The molecule has 0 aliphatic carbocycles. The van der Waals surface area contributed by atoms with Gasteiger partial charge in [0.25, 0.3) is 5.91 Å². The summed E-state index contributed by atoms with van der Waals surface area (Å²) in [4.78, 5) is 24.6. The second kappa shape index (κ2) is 9.12. The summed E-state index contributed by atoms with van der Waals surface area (Å²) in [5, 5.41) is 15.2. The van der Waals surface area contributed by atoms with Gasteiger partial charge in [-0.2, -0.15) is 4.80 Å². The quantitative estimate of drug-likeness (QED) is 0.716. The molecule has 9 heteroatoms. The highest BCUT2D eigenvalue weighted by atomic mass is 35.5. The van der Waals surface area contributed by atoms with Crippen LogP contribution in [0.3, 0.4) is 0 Å². The first-order valence-electron chi connectivity index (χ1n) is 8.00. The summed E-state index contributed by atoms with van der Waals surface area (Å²) >= 11 is 5.83. The molecule has 1 aromatic carbocycles. The molecule has 1 heterocycles. The zero-order valence-corrected chi connectivity index (χ0v) is 14.9. The summed E-state index contributed by atoms with van der Waals surface area (Å²) in [6.45, 7) is 3.41. The van der Waals surface area contributed by atoms with Gasteiger partial charge in [-0.25, -0.2) is 4.79 Å². The normalized spacial score (nSPS) is 10.7. The number of hydrogen-bond donors (Lipinski definition) is 1. The van der Waals surface area contributed by atoms with E-state index in [2.05, 4.69) is 20.7 Å². The molecule has 1 amide bonds. The number of nitrogens with zero attached hydrogens (tertiary/aromatic N) is 4. The van der Waals surface area contributed by atoms with E-state index < -0.39 is 5.97 Å². The fourth-order valence-electron chi connectivity index (χ4n) is 2.09. The fourth-order valence-corrected chi connectivity index (χ4v) is 2.22. The number of carbonyl (C=O) groups is 2. The summed E-state index contributed by atoms with van der Waals surface area (Å²) in [7, 11) is 0. The Hall–Kier alpha value is -2.48. The van der Waals surface area contributed by atoms with Crippen LogP contribution in [-0.2, 0) is 20.9 Å². The van der Waals surface area contributed by atoms with Crippen molar-refractivity contribution in [1.29, 1.82) is 0 Å². The summed E-state index contributed by atoms with van der Waals surface area (Å²) in [5.74, 6) is -0.564. The van der Waals surface area contributed by atoms with Crippen molar-refractivity contribution in [1.82, 2.24) is 25.5 Å². The van der Waals surface area contributed by atoms with Crippen LogP contribution < -0.4 is 5.32 Å². The van der Waals surface area contributed by atoms with Gasteiger partial charge in [0.1, 0.15) is 0 Å². The standard InChI is InChI=1S/C16H20ClN5O3/c1-3-13(4-2)18-14(23)10-25-15(24)9-22-20-16(19-21-22)11-5-7-12(17)8-6-11/h5-8,13H,3-4,9-10H2,1-2H3,(H,18,23). The van der Waals surface area contributed by atoms with Crippen molar-refractivity contribution in [2.24, 2.45) is 0 Å². The Labute approximate surface area is 150 Å². The largest absolute Gasteiger partial charge is 0.454 e. The Bertz CT molecular complexity index is 713. The maximum atomic E-state index is 11.8. The zero-order chi connectivity index (χ0) is 18.2. The Balaban J connectivity index is 1.83. The monoisotopic (exact) mass is 365 g/mol. The molecule has 25 heavy (non-hydrogen) atoms. The van der Waals surface area contributed by atoms with Crippen molar-refractivity contribution in [3.8, 4) is 11.4 Å². The van der Waals surface area contributed by atoms with E-state index in [1.54, 1.807) is 24.3 Å². The second-order valence-electron chi connectivity index (χ2n) is 5.39. The number of ether oxygens (including phenoxy) is 1. The van der Waals surface area contributed by atoms with Crippen molar-refractivity contribution in [3.05, 3.63) is 29.3 Å². The number of amides is 1. The van der Waals surface area contributed by atoms with Crippen molar-refractivity contribution in [2.45, 2.75) is 39.3 Å². The Morgan fingerprint density at radius 3 is 2.56 bits per heavy atom. The molecular formula is C16H20ClN5O3.